The molecule has 1 rings (SSSR count). The molecule has 0 spiro atoms. The molecule has 80 valence electrons. The first-order valence-electron chi connectivity index (χ1n) is 4.66. The number of rotatable bonds is 0. The van der Waals surface area contributed by atoms with Crippen LogP contribution in [0.5, 0.6) is 0 Å². The topological polar surface area (TPSA) is 67.9 Å². The number of hydrogen-bond acceptors (Lipinski definition) is 4. The molecule has 0 bridgehead atoms. The van der Waals surface area contributed by atoms with Gasteiger partial charge in [0, 0.05) is 13.0 Å². The van der Waals surface area contributed by atoms with Crippen LogP contribution in [0.4, 0.5) is 4.79 Å². The zero-order valence-corrected chi connectivity index (χ0v) is 8.91. The van der Waals surface area contributed by atoms with Crippen molar-refractivity contribution in [3.05, 3.63) is 0 Å². The van der Waals surface area contributed by atoms with Crippen molar-refractivity contribution >= 4 is 11.8 Å². The van der Waals surface area contributed by atoms with E-state index in [-0.39, 0.29) is 6.09 Å². The van der Waals surface area contributed by atoms with E-state index in [1.54, 1.807) is 4.90 Å². The van der Waals surface area contributed by atoms with Gasteiger partial charge in [0.1, 0.15) is 5.60 Å². The van der Waals surface area contributed by atoms with Gasteiger partial charge in [0.2, 0.25) is 0 Å². The number of ether oxygens (including phenoxy) is 1. The monoisotopic (exact) mass is 199 g/mol. The Morgan fingerprint density at radius 3 is 2.64 bits per heavy atom. The van der Waals surface area contributed by atoms with Crippen LogP contribution in [0.3, 0.4) is 0 Å². The Hall–Kier alpha value is -1.26. The van der Waals surface area contributed by atoms with Crippen LogP contribution >= 0.6 is 0 Å². The largest absolute Gasteiger partial charge is 0.444 e. The van der Waals surface area contributed by atoms with E-state index in [1.165, 1.54) is 0 Å². The number of likely N-dealkylation sites (tertiary alicyclic amines) is 1. The molecule has 0 atom stereocenters. The van der Waals surface area contributed by atoms with Crippen LogP contribution in [-0.4, -0.2) is 35.4 Å². The molecule has 0 aliphatic carbocycles. The summed E-state index contributed by atoms with van der Waals surface area (Å²) in [6.07, 6.45) is 0.451. The van der Waals surface area contributed by atoms with Gasteiger partial charge in [-0.3, -0.25) is 0 Å². The highest BCUT2D eigenvalue weighted by molar-refractivity contribution is 5.91. The first-order chi connectivity index (χ1) is 6.42. The third-order valence-corrected chi connectivity index (χ3v) is 1.88. The van der Waals surface area contributed by atoms with Gasteiger partial charge >= 0.3 is 6.09 Å². The van der Waals surface area contributed by atoms with Gasteiger partial charge in [-0.05, 0) is 20.8 Å². The van der Waals surface area contributed by atoms with Crippen LogP contribution < -0.4 is 5.84 Å². The number of amides is 1. The lowest BCUT2D eigenvalue weighted by Crippen LogP contribution is -2.35. The molecule has 0 aromatic carbocycles. The summed E-state index contributed by atoms with van der Waals surface area (Å²) in [6.45, 7) is 6.67. The van der Waals surface area contributed by atoms with E-state index in [0.717, 1.165) is 12.1 Å². The number of hydrogen-bond donors (Lipinski definition) is 1. The average Bonchev–Trinajstić information content (AvgIpc) is 2.48. The molecule has 0 saturated carbocycles. The number of carbonyl (C=O) groups excluding carboxylic acids is 1. The van der Waals surface area contributed by atoms with Gasteiger partial charge in [0.15, 0.2) is 0 Å². The summed E-state index contributed by atoms with van der Waals surface area (Å²) in [5.41, 5.74) is 0.399. The van der Waals surface area contributed by atoms with E-state index in [4.69, 9.17) is 10.6 Å². The summed E-state index contributed by atoms with van der Waals surface area (Å²) < 4.78 is 5.21. The summed E-state index contributed by atoms with van der Waals surface area (Å²) in [5.74, 6) is 5.13. The average molecular weight is 199 g/mol. The molecule has 2 N–H and O–H groups in total. The van der Waals surface area contributed by atoms with E-state index < -0.39 is 5.60 Å². The van der Waals surface area contributed by atoms with Crippen LogP contribution in [0.2, 0.25) is 0 Å². The minimum absolute atomic E-state index is 0.295. The highest BCUT2D eigenvalue weighted by Gasteiger charge is 2.27. The second-order valence-electron chi connectivity index (χ2n) is 4.35. The lowest BCUT2D eigenvalue weighted by Gasteiger charge is -2.23. The van der Waals surface area contributed by atoms with Gasteiger partial charge in [-0.2, -0.15) is 5.10 Å². The second-order valence-corrected chi connectivity index (χ2v) is 4.35. The molecule has 0 aromatic rings. The predicted octanol–water partition coefficient (Wildman–Crippen LogP) is 0.942. The quantitative estimate of drug-likeness (QED) is 0.466. The van der Waals surface area contributed by atoms with Crippen molar-refractivity contribution in [1.82, 2.24) is 4.90 Å². The fourth-order valence-corrected chi connectivity index (χ4v) is 1.23. The number of carbonyl (C=O) groups is 1. The van der Waals surface area contributed by atoms with Crippen molar-refractivity contribution in [2.24, 2.45) is 10.9 Å². The lowest BCUT2D eigenvalue weighted by molar-refractivity contribution is 0.0302. The van der Waals surface area contributed by atoms with Crippen LogP contribution in [0.15, 0.2) is 5.10 Å². The molecule has 1 amide bonds. The van der Waals surface area contributed by atoms with Gasteiger partial charge in [-0.25, -0.2) is 4.79 Å². The normalized spacial score (nSPS) is 20.2. The molecular formula is C9H17N3O2. The minimum atomic E-state index is -0.445. The van der Waals surface area contributed by atoms with E-state index in [1.807, 2.05) is 20.8 Å². The predicted molar refractivity (Wildman–Crippen MR) is 54.0 cm³/mol. The van der Waals surface area contributed by atoms with Crippen LogP contribution in [0.1, 0.15) is 27.2 Å². The molecule has 1 heterocycles. The van der Waals surface area contributed by atoms with Gasteiger partial charge in [0.05, 0.1) is 12.3 Å². The summed E-state index contributed by atoms with van der Waals surface area (Å²) in [6, 6.07) is 0. The van der Waals surface area contributed by atoms with Crippen molar-refractivity contribution in [1.29, 1.82) is 0 Å². The molecular weight excluding hydrogens is 182 g/mol. The van der Waals surface area contributed by atoms with Crippen LogP contribution in [-0.2, 0) is 4.74 Å². The Morgan fingerprint density at radius 2 is 2.21 bits per heavy atom. The molecule has 5 nitrogen and oxygen atoms in total. The van der Waals surface area contributed by atoms with Crippen molar-refractivity contribution in [2.75, 3.05) is 13.1 Å². The van der Waals surface area contributed by atoms with E-state index >= 15 is 0 Å². The number of nitrogens with two attached hydrogens (primary N) is 1. The van der Waals surface area contributed by atoms with Gasteiger partial charge < -0.3 is 15.5 Å². The highest BCUT2D eigenvalue weighted by Crippen LogP contribution is 2.13. The van der Waals surface area contributed by atoms with Crippen molar-refractivity contribution < 1.29 is 9.53 Å². The zero-order chi connectivity index (χ0) is 10.8. The molecule has 0 radical (unpaired) electrons. The smallest absolute Gasteiger partial charge is 0.410 e. The Balaban J connectivity index is 2.48. The van der Waals surface area contributed by atoms with Crippen molar-refractivity contribution in [2.45, 2.75) is 32.8 Å². The molecule has 0 aromatic heterocycles. The second kappa shape index (κ2) is 3.86. The fourth-order valence-electron chi connectivity index (χ4n) is 1.23. The molecule has 1 aliphatic heterocycles. The van der Waals surface area contributed by atoms with E-state index in [2.05, 4.69) is 5.10 Å². The Kier molecular flexibility index (Phi) is 2.98. The molecule has 1 fully saturated rings. The maximum atomic E-state index is 11.5. The first kappa shape index (κ1) is 10.8. The SMILES string of the molecule is CC(C)(C)OC(=O)N1CCC(=NN)C1. The summed E-state index contributed by atoms with van der Waals surface area (Å²) >= 11 is 0. The summed E-state index contributed by atoms with van der Waals surface area (Å²) in [4.78, 5) is 13.1. The molecule has 1 aliphatic rings. The molecule has 5 heteroatoms. The molecule has 14 heavy (non-hydrogen) atoms. The third kappa shape index (κ3) is 2.90. The van der Waals surface area contributed by atoms with Crippen LogP contribution in [0.25, 0.3) is 0 Å². The summed E-state index contributed by atoms with van der Waals surface area (Å²) in [5, 5.41) is 3.58. The minimum Gasteiger partial charge on any atom is -0.444 e. The highest BCUT2D eigenvalue weighted by atomic mass is 16.6. The van der Waals surface area contributed by atoms with Gasteiger partial charge in [-0.1, -0.05) is 0 Å². The zero-order valence-electron chi connectivity index (χ0n) is 8.91. The first-order valence-corrected chi connectivity index (χ1v) is 4.66. The van der Waals surface area contributed by atoms with Crippen molar-refractivity contribution in [3.63, 3.8) is 0 Å². The Morgan fingerprint density at radius 1 is 1.57 bits per heavy atom. The third-order valence-electron chi connectivity index (χ3n) is 1.88. The van der Waals surface area contributed by atoms with Crippen molar-refractivity contribution in [3.8, 4) is 0 Å². The van der Waals surface area contributed by atoms with Crippen LogP contribution in [0, 0.1) is 0 Å². The maximum absolute atomic E-state index is 11.5. The van der Waals surface area contributed by atoms with E-state index in [9.17, 15) is 4.79 Å². The van der Waals surface area contributed by atoms with E-state index in [0.29, 0.717) is 13.1 Å². The number of nitrogens with zero attached hydrogens (tertiary/aromatic N) is 2. The molecule has 0 unspecified atom stereocenters. The van der Waals surface area contributed by atoms with Gasteiger partial charge in [0.25, 0.3) is 0 Å². The summed E-state index contributed by atoms with van der Waals surface area (Å²) in [7, 11) is 0. The Labute approximate surface area is 83.9 Å². The van der Waals surface area contributed by atoms with Gasteiger partial charge in [-0.15, -0.1) is 0 Å². The Bertz CT molecular complexity index is 255. The number of hydrazone groups is 1. The lowest BCUT2D eigenvalue weighted by atomic mass is 10.2. The molecule has 1 saturated heterocycles. The standard InChI is InChI=1S/C9H17N3O2/c1-9(2,3)14-8(13)12-5-4-7(6-12)11-10/h4-6,10H2,1-3H3. The maximum Gasteiger partial charge on any atom is 0.410 e. The fraction of sp³-hybridized carbons (Fsp3) is 0.778.